The Balaban J connectivity index is 1.53. The first-order valence-corrected chi connectivity index (χ1v) is 9.75. The standard InChI is InChI=1S/C23H21ClN2O2/c24-20-15-25-13-11-21(20)28-19-12-14-26(16-19)23(27)22(17-7-3-1-4-8-17)18-9-5-2-6-10-18/h1-11,13,15,19,22H,12,14,16H2/t19-/m1/s1. The Morgan fingerprint density at radius 3 is 2.29 bits per heavy atom. The van der Waals surface area contributed by atoms with Crippen LogP contribution in [0.5, 0.6) is 5.75 Å². The summed E-state index contributed by atoms with van der Waals surface area (Å²) in [6.45, 7) is 1.22. The average molecular weight is 393 g/mol. The number of likely N-dealkylation sites (tertiary alicyclic amines) is 1. The first kappa shape index (κ1) is 18.5. The Hall–Kier alpha value is -2.85. The maximum absolute atomic E-state index is 13.4. The quantitative estimate of drug-likeness (QED) is 0.639. The van der Waals surface area contributed by atoms with Crippen molar-refractivity contribution >= 4 is 17.5 Å². The number of nitrogens with zero attached hydrogens (tertiary/aromatic N) is 2. The molecule has 5 heteroatoms. The third-order valence-corrected chi connectivity index (χ3v) is 5.28. The van der Waals surface area contributed by atoms with E-state index in [0.717, 1.165) is 17.5 Å². The van der Waals surface area contributed by atoms with Crippen LogP contribution >= 0.6 is 11.6 Å². The van der Waals surface area contributed by atoms with Gasteiger partial charge in [-0.2, -0.15) is 0 Å². The van der Waals surface area contributed by atoms with Gasteiger partial charge in [0.2, 0.25) is 5.91 Å². The molecule has 1 fully saturated rings. The van der Waals surface area contributed by atoms with Gasteiger partial charge in [0, 0.05) is 31.4 Å². The Morgan fingerprint density at radius 1 is 1.04 bits per heavy atom. The number of carbonyl (C=O) groups is 1. The summed E-state index contributed by atoms with van der Waals surface area (Å²) in [6.07, 6.45) is 3.92. The lowest BCUT2D eigenvalue weighted by molar-refractivity contribution is -0.131. The van der Waals surface area contributed by atoms with E-state index in [0.29, 0.717) is 23.9 Å². The van der Waals surface area contributed by atoms with E-state index >= 15 is 0 Å². The van der Waals surface area contributed by atoms with Gasteiger partial charge in [0.1, 0.15) is 16.9 Å². The number of hydrogen-bond donors (Lipinski definition) is 0. The molecule has 0 saturated carbocycles. The summed E-state index contributed by atoms with van der Waals surface area (Å²) in [6, 6.07) is 21.6. The van der Waals surface area contributed by atoms with Crippen molar-refractivity contribution < 1.29 is 9.53 Å². The van der Waals surface area contributed by atoms with E-state index in [1.54, 1.807) is 18.5 Å². The summed E-state index contributed by atoms with van der Waals surface area (Å²) >= 11 is 6.14. The largest absolute Gasteiger partial charge is 0.487 e. The van der Waals surface area contributed by atoms with Crippen molar-refractivity contribution in [2.24, 2.45) is 0 Å². The third kappa shape index (κ3) is 4.02. The van der Waals surface area contributed by atoms with Crippen LogP contribution in [-0.4, -0.2) is 35.0 Å². The first-order chi connectivity index (χ1) is 13.7. The summed E-state index contributed by atoms with van der Waals surface area (Å²) < 4.78 is 6.01. The highest BCUT2D eigenvalue weighted by Crippen LogP contribution is 2.30. The molecule has 0 bridgehead atoms. The van der Waals surface area contributed by atoms with E-state index in [2.05, 4.69) is 4.98 Å². The fraction of sp³-hybridized carbons (Fsp3) is 0.217. The minimum absolute atomic E-state index is 0.0731. The van der Waals surface area contributed by atoms with E-state index in [1.807, 2.05) is 65.6 Å². The van der Waals surface area contributed by atoms with Gasteiger partial charge >= 0.3 is 0 Å². The van der Waals surface area contributed by atoms with Gasteiger partial charge in [-0.3, -0.25) is 9.78 Å². The fourth-order valence-electron chi connectivity index (χ4n) is 3.61. The highest BCUT2D eigenvalue weighted by Gasteiger charge is 2.33. The van der Waals surface area contributed by atoms with Gasteiger partial charge < -0.3 is 9.64 Å². The molecular formula is C23H21ClN2O2. The Kier molecular flexibility index (Phi) is 5.58. The number of halogens is 1. The number of ether oxygens (including phenoxy) is 1. The minimum atomic E-state index is -0.314. The molecule has 1 amide bonds. The van der Waals surface area contributed by atoms with Crippen LogP contribution in [0.1, 0.15) is 23.5 Å². The lowest BCUT2D eigenvalue weighted by atomic mass is 9.90. The van der Waals surface area contributed by atoms with E-state index in [4.69, 9.17) is 16.3 Å². The number of pyridine rings is 1. The number of amides is 1. The van der Waals surface area contributed by atoms with Gasteiger partial charge in [0.25, 0.3) is 0 Å². The van der Waals surface area contributed by atoms with Crippen LogP contribution in [0.25, 0.3) is 0 Å². The van der Waals surface area contributed by atoms with Crippen molar-refractivity contribution in [3.8, 4) is 5.75 Å². The van der Waals surface area contributed by atoms with E-state index in [-0.39, 0.29) is 17.9 Å². The second-order valence-corrected chi connectivity index (χ2v) is 7.28. The van der Waals surface area contributed by atoms with Crippen LogP contribution < -0.4 is 4.74 Å². The van der Waals surface area contributed by atoms with Crippen molar-refractivity contribution in [2.45, 2.75) is 18.4 Å². The Morgan fingerprint density at radius 2 is 1.68 bits per heavy atom. The van der Waals surface area contributed by atoms with E-state index < -0.39 is 0 Å². The molecule has 28 heavy (non-hydrogen) atoms. The van der Waals surface area contributed by atoms with Gasteiger partial charge in [0.15, 0.2) is 0 Å². The van der Waals surface area contributed by atoms with Crippen LogP contribution in [0.4, 0.5) is 0 Å². The molecule has 4 nitrogen and oxygen atoms in total. The molecule has 1 aliphatic rings. The SMILES string of the molecule is O=C(C(c1ccccc1)c1ccccc1)N1CC[C@@H](Oc2ccncc2Cl)C1. The molecule has 4 rings (SSSR count). The normalized spacial score (nSPS) is 16.4. The lowest BCUT2D eigenvalue weighted by Crippen LogP contribution is -2.35. The first-order valence-electron chi connectivity index (χ1n) is 9.37. The predicted molar refractivity (Wildman–Crippen MR) is 110 cm³/mol. The van der Waals surface area contributed by atoms with Gasteiger partial charge in [-0.15, -0.1) is 0 Å². The molecule has 1 aromatic heterocycles. The highest BCUT2D eigenvalue weighted by molar-refractivity contribution is 6.31. The second kappa shape index (κ2) is 8.44. The molecule has 0 aliphatic carbocycles. The average Bonchev–Trinajstić information content (AvgIpc) is 3.20. The van der Waals surface area contributed by atoms with Gasteiger partial charge in [-0.25, -0.2) is 0 Å². The molecule has 142 valence electrons. The molecule has 1 atom stereocenters. The lowest BCUT2D eigenvalue weighted by Gasteiger charge is -2.24. The smallest absolute Gasteiger partial charge is 0.234 e. The van der Waals surface area contributed by atoms with Crippen molar-refractivity contribution in [1.29, 1.82) is 0 Å². The molecule has 0 radical (unpaired) electrons. The van der Waals surface area contributed by atoms with Crippen molar-refractivity contribution in [3.05, 3.63) is 95.3 Å². The number of aromatic nitrogens is 1. The summed E-state index contributed by atoms with van der Waals surface area (Å²) in [7, 11) is 0. The number of rotatable bonds is 5. The Labute approximate surface area is 169 Å². The second-order valence-electron chi connectivity index (χ2n) is 6.87. The zero-order chi connectivity index (χ0) is 19.3. The third-order valence-electron chi connectivity index (χ3n) is 5.00. The molecule has 2 heterocycles. The van der Waals surface area contributed by atoms with E-state index in [9.17, 15) is 4.79 Å². The van der Waals surface area contributed by atoms with Crippen LogP contribution in [-0.2, 0) is 4.79 Å². The molecule has 0 unspecified atom stereocenters. The summed E-state index contributed by atoms with van der Waals surface area (Å²) in [5.41, 5.74) is 2.00. The molecule has 0 N–H and O–H groups in total. The van der Waals surface area contributed by atoms with Crippen molar-refractivity contribution in [3.63, 3.8) is 0 Å². The summed E-state index contributed by atoms with van der Waals surface area (Å²) in [4.78, 5) is 19.3. The van der Waals surface area contributed by atoms with Gasteiger partial charge in [-0.1, -0.05) is 72.3 Å². The molecular weight excluding hydrogens is 372 g/mol. The maximum Gasteiger partial charge on any atom is 0.234 e. The van der Waals surface area contributed by atoms with Crippen LogP contribution in [0.15, 0.2) is 79.1 Å². The van der Waals surface area contributed by atoms with Crippen LogP contribution in [0.2, 0.25) is 5.02 Å². The number of hydrogen-bond acceptors (Lipinski definition) is 3. The monoisotopic (exact) mass is 392 g/mol. The highest BCUT2D eigenvalue weighted by atomic mass is 35.5. The summed E-state index contributed by atoms with van der Waals surface area (Å²) in [5.74, 6) is 0.397. The maximum atomic E-state index is 13.4. The molecule has 2 aromatic carbocycles. The molecule has 3 aromatic rings. The fourth-order valence-corrected chi connectivity index (χ4v) is 3.78. The molecule has 1 aliphatic heterocycles. The topological polar surface area (TPSA) is 42.4 Å². The predicted octanol–water partition coefficient (Wildman–Crippen LogP) is 4.55. The zero-order valence-corrected chi connectivity index (χ0v) is 16.1. The summed E-state index contributed by atoms with van der Waals surface area (Å²) in [5, 5.41) is 0.485. The zero-order valence-electron chi connectivity index (χ0n) is 15.4. The van der Waals surface area contributed by atoms with Crippen molar-refractivity contribution in [1.82, 2.24) is 9.88 Å². The number of benzene rings is 2. The van der Waals surface area contributed by atoms with Gasteiger partial charge in [0.05, 0.1) is 12.5 Å². The van der Waals surface area contributed by atoms with Crippen molar-refractivity contribution in [2.75, 3.05) is 13.1 Å². The number of carbonyl (C=O) groups excluding carboxylic acids is 1. The molecule has 1 saturated heterocycles. The Bertz CT molecular complexity index is 894. The minimum Gasteiger partial charge on any atom is -0.487 e. The van der Waals surface area contributed by atoms with E-state index in [1.165, 1.54) is 0 Å². The van der Waals surface area contributed by atoms with Crippen LogP contribution in [0, 0.1) is 0 Å². The van der Waals surface area contributed by atoms with Gasteiger partial charge in [-0.05, 0) is 11.1 Å². The van der Waals surface area contributed by atoms with Crippen LogP contribution in [0.3, 0.4) is 0 Å². The molecule has 0 spiro atoms.